The van der Waals surface area contributed by atoms with E-state index >= 15 is 0 Å². The van der Waals surface area contributed by atoms with Gasteiger partial charge in [-0.05, 0) is 34.1 Å². The number of hydrogen-bond donors (Lipinski definition) is 1. The molecule has 102 valence electrons. The lowest BCUT2D eigenvalue weighted by atomic mass is 9.94. The number of ether oxygens (including phenoxy) is 1. The second-order valence-electron chi connectivity index (χ2n) is 6.28. The molecular formula is C13H24N4O. The minimum Gasteiger partial charge on any atom is -0.368 e. The number of aryl methyl sites for hydroxylation is 1. The molecule has 18 heavy (non-hydrogen) atoms. The van der Waals surface area contributed by atoms with Crippen LogP contribution in [0, 0.1) is 0 Å². The van der Waals surface area contributed by atoms with Crippen LogP contribution in [0.3, 0.4) is 0 Å². The monoisotopic (exact) mass is 252 g/mol. The summed E-state index contributed by atoms with van der Waals surface area (Å²) in [6, 6.07) is 0.390. The van der Waals surface area contributed by atoms with Gasteiger partial charge in [-0.1, -0.05) is 0 Å². The molecule has 0 aromatic carbocycles. The topological polar surface area (TPSA) is 52.0 Å². The van der Waals surface area contributed by atoms with Gasteiger partial charge < -0.3 is 14.6 Å². The summed E-state index contributed by atoms with van der Waals surface area (Å²) < 4.78 is 8.02. The quantitative estimate of drug-likeness (QED) is 0.877. The Morgan fingerprint density at radius 1 is 1.44 bits per heavy atom. The van der Waals surface area contributed by atoms with Crippen molar-refractivity contribution in [3.8, 4) is 0 Å². The second-order valence-corrected chi connectivity index (χ2v) is 6.28. The molecule has 0 amide bonds. The van der Waals surface area contributed by atoms with Crippen LogP contribution in [-0.2, 0) is 18.2 Å². The molecule has 1 N–H and O–H groups in total. The predicted octanol–water partition coefficient (Wildman–Crippen LogP) is 1.29. The highest BCUT2D eigenvalue weighted by atomic mass is 16.5. The Morgan fingerprint density at radius 3 is 2.67 bits per heavy atom. The van der Waals surface area contributed by atoms with E-state index < -0.39 is 0 Å². The van der Waals surface area contributed by atoms with Crippen molar-refractivity contribution in [2.75, 3.05) is 6.54 Å². The highest BCUT2D eigenvalue weighted by Crippen LogP contribution is 2.37. The van der Waals surface area contributed by atoms with Crippen molar-refractivity contribution in [3.63, 3.8) is 0 Å². The largest absolute Gasteiger partial charge is 0.368 e. The first-order valence-corrected chi connectivity index (χ1v) is 6.57. The van der Waals surface area contributed by atoms with E-state index in [9.17, 15) is 0 Å². The molecule has 0 spiro atoms. The molecule has 1 saturated heterocycles. The molecule has 1 aromatic heterocycles. The van der Waals surface area contributed by atoms with Crippen molar-refractivity contribution >= 4 is 0 Å². The fraction of sp³-hybridized carbons (Fsp3) is 0.846. The third kappa shape index (κ3) is 2.90. The van der Waals surface area contributed by atoms with Gasteiger partial charge in [0.1, 0.15) is 12.2 Å². The summed E-state index contributed by atoms with van der Waals surface area (Å²) in [5, 5.41) is 11.6. The van der Waals surface area contributed by atoms with Gasteiger partial charge in [0.25, 0.3) is 0 Å². The average Bonchev–Trinajstić information content (AvgIpc) is 2.69. The molecule has 1 atom stereocenters. The fourth-order valence-electron chi connectivity index (χ4n) is 2.77. The Bertz CT molecular complexity index is 411. The molecule has 0 saturated carbocycles. The molecule has 1 aromatic rings. The van der Waals surface area contributed by atoms with Crippen LogP contribution in [0.15, 0.2) is 6.33 Å². The minimum absolute atomic E-state index is 0.0358. The van der Waals surface area contributed by atoms with Gasteiger partial charge in [0.15, 0.2) is 0 Å². The molecular weight excluding hydrogens is 228 g/mol. The van der Waals surface area contributed by atoms with Gasteiger partial charge in [-0.15, -0.1) is 10.2 Å². The summed E-state index contributed by atoms with van der Waals surface area (Å²) in [7, 11) is 1.97. The second kappa shape index (κ2) is 4.63. The molecule has 1 aliphatic rings. The number of nitrogens with zero attached hydrogens (tertiary/aromatic N) is 3. The zero-order chi connectivity index (χ0) is 13.4. The maximum absolute atomic E-state index is 6.06. The van der Waals surface area contributed by atoms with E-state index in [0.29, 0.717) is 6.04 Å². The lowest BCUT2D eigenvalue weighted by molar-refractivity contribution is -0.0697. The van der Waals surface area contributed by atoms with Crippen molar-refractivity contribution in [3.05, 3.63) is 12.2 Å². The van der Waals surface area contributed by atoms with Gasteiger partial charge in [-0.25, -0.2) is 0 Å². The summed E-state index contributed by atoms with van der Waals surface area (Å²) in [5.41, 5.74) is -0.144. The number of nitrogens with one attached hydrogen (secondary N) is 1. The van der Waals surface area contributed by atoms with Crippen molar-refractivity contribution in [2.45, 2.75) is 57.8 Å². The van der Waals surface area contributed by atoms with Crippen molar-refractivity contribution < 1.29 is 4.74 Å². The normalized spacial score (nSPS) is 25.5. The maximum atomic E-state index is 6.06. The van der Waals surface area contributed by atoms with E-state index in [0.717, 1.165) is 25.2 Å². The Balaban J connectivity index is 1.86. The van der Waals surface area contributed by atoms with Crippen LogP contribution in [0.5, 0.6) is 0 Å². The smallest absolute Gasteiger partial charge is 0.133 e. The van der Waals surface area contributed by atoms with E-state index in [1.54, 1.807) is 6.33 Å². The summed E-state index contributed by atoms with van der Waals surface area (Å²) in [5.74, 6) is 1.01. The van der Waals surface area contributed by atoms with Gasteiger partial charge in [0, 0.05) is 26.1 Å². The van der Waals surface area contributed by atoms with E-state index in [1.165, 1.54) is 0 Å². The van der Waals surface area contributed by atoms with E-state index in [4.69, 9.17) is 4.74 Å². The molecule has 5 nitrogen and oxygen atoms in total. The van der Waals surface area contributed by atoms with Crippen LogP contribution < -0.4 is 5.32 Å². The fourth-order valence-corrected chi connectivity index (χ4v) is 2.77. The average molecular weight is 252 g/mol. The summed E-state index contributed by atoms with van der Waals surface area (Å²) in [4.78, 5) is 0. The third-order valence-electron chi connectivity index (χ3n) is 3.62. The van der Waals surface area contributed by atoms with E-state index in [1.807, 2.05) is 11.6 Å². The van der Waals surface area contributed by atoms with Gasteiger partial charge >= 0.3 is 0 Å². The van der Waals surface area contributed by atoms with Gasteiger partial charge in [0.05, 0.1) is 11.2 Å². The lowest BCUT2D eigenvalue weighted by Crippen LogP contribution is -2.44. The highest BCUT2D eigenvalue weighted by molar-refractivity contribution is 4.99. The Kier molecular flexibility index (Phi) is 3.47. The molecule has 1 unspecified atom stereocenters. The van der Waals surface area contributed by atoms with Crippen LogP contribution in [0.2, 0.25) is 0 Å². The lowest BCUT2D eigenvalue weighted by Gasteiger charge is -2.27. The Hall–Kier alpha value is -0.940. The molecule has 0 radical (unpaired) electrons. The van der Waals surface area contributed by atoms with Gasteiger partial charge in [-0.2, -0.15) is 0 Å². The molecule has 2 rings (SSSR count). The molecule has 0 aliphatic carbocycles. The number of hydrogen-bond acceptors (Lipinski definition) is 4. The van der Waals surface area contributed by atoms with Crippen molar-refractivity contribution in [2.24, 2.45) is 7.05 Å². The summed E-state index contributed by atoms with van der Waals surface area (Å²) in [6.45, 7) is 9.52. The zero-order valence-electron chi connectivity index (χ0n) is 12.0. The molecule has 0 bridgehead atoms. The first-order valence-electron chi connectivity index (χ1n) is 6.57. The highest BCUT2D eigenvalue weighted by Gasteiger charge is 2.45. The first kappa shape index (κ1) is 13.5. The van der Waals surface area contributed by atoms with Crippen LogP contribution in [0.1, 0.15) is 39.9 Å². The van der Waals surface area contributed by atoms with Crippen molar-refractivity contribution in [1.82, 2.24) is 20.1 Å². The van der Waals surface area contributed by atoms with E-state index in [2.05, 4.69) is 43.2 Å². The molecule has 2 heterocycles. The summed E-state index contributed by atoms with van der Waals surface area (Å²) in [6.07, 6.45) is 3.67. The Labute approximate surface area is 109 Å². The molecule has 1 fully saturated rings. The third-order valence-corrected chi connectivity index (χ3v) is 3.62. The maximum Gasteiger partial charge on any atom is 0.133 e. The first-order chi connectivity index (χ1) is 8.30. The zero-order valence-corrected chi connectivity index (χ0v) is 12.0. The standard InChI is InChI=1S/C13H24N4O/c1-12(2)8-10(13(3,4)18-12)14-7-6-11-16-15-9-17(11)5/h9-10,14H,6-8H2,1-5H3. The van der Waals surface area contributed by atoms with Crippen LogP contribution >= 0.6 is 0 Å². The van der Waals surface area contributed by atoms with Gasteiger partial charge in [0.2, 0.25) is 0 Å². The number of rotatable bonds is 4. The van der Waals surface area contributed by atoms with Crippen LogP contribution in [-0.4, -0.2) is 38.6 Å². The minimum atomic E-state index is -0.108. The van der Waals surface area contributed by atoms with Crippen LogP contribution in [0.25, 0.3) is 0 Å². The molecule has 5 heteroatoms. The van der Waals surface area contributed by atoms with Gasteiger partial charge in [-0.3, -0.25) is 0 Å². The van der Waals surface area contributed by atoms with E-state index in [-0.39, 0.29) is 11.2 Å². The summed E-state index contributed by atoms with van der Waals surface area (Å²) >= 11 is 0. The van der Waals surface area contributed by atoms with Crippen LogP contribution in [0.4, 0.5) is 0 Å². The van der Waals surface area contributed by atoms with Crippen molar-refractivity contribution in [1.29, 1.82) is 0 Å². The molecule has 1 aliphatic heterocycles. The Morgan fingerprint density at radius 2 is 2.17 bits per heavy atom. The SMILES string of the molecule is Cn1cnnc1CCNC1CC(C)(C)OC1(C)C. The predicted molar refractivity (Wildman–Crippen MR) is 70.4 cm³/mol. The number of aromatic nitrogens is 3.